The molecule has 5 nitrogen and oxygen atoms in total. The molecule has 3 rings (SSSR count). The van der Waals surface area contributed by atoms with Crippen molar-refractivity contribution in [1.82, 2.24) is 5.32 Å². The molecule has 2 amide bonds. The van der Waals surface area contributed by atoms with Gasteiger partial charge in [0.25, 0.3) is 0 Å². The maximum Gasteiger partial charge on any atom is 0.249 e. The Morgan fingerprint density at radius 3 is 2.50 bits per heavy atom. The number of benzene rings is 2. The summed E-state index contributed by atoms with van der Waals surface area (Å²) in [5.74, 6) is 0.683. The van der Waals surface area contributed by atoms with Crippen LogP contribution in [0, 0.1) is 5.92 Å². The van der Waals surface area contributed by atoms with Gasteiger partial charge in [0.05, 0.1) is 7.11 Å². The van der Waals surface area contributed by atoms with E-state index < -0.39 is 6.04 Å². The van der Waals surface area contributed by atoms with Gasteiger partial charge in [-0.05, 0) is 48.1 Å². The van der Waals surface area contributed by atoms with Gasteiger partial charge >= 0.3 is 0 Å². The minimum atomic E-state index is -0.519. The summed E-state index contributed by atoms with van der Waals surface area (Å²) in [6.45, 7) is 4.60. The Hall–Kier alpha value is -2.82. The van der Waals surface area contributed by atoms with Gasteiger partial charge in [-0.3, -0.25) is 9.59 Å². The van der Waals surface area contributed by atoms with Crippen LogP contribution in [0.2, 0.25) is 0 Å². The lowest BCUT2D eigenvalue weighted by Gasteiger charge is -2.27. The second-order valence-corrected chi connectivity index (χ2v) is 7.51. The topological polar surface area (TPSA) is 58.6 Å². The van der Waals surface area contributed by atoms with Crippen LogP contribution in [-0.4, -0.2) is 31.5 Å². The number of nitrogens with one attached hydrogen (secondary N) is 1. The maximum absolute atomic E-state index is 13.1. The molecular formula is C23H28N2O3. The third kappa shape index (κ3) is 4.53. The fraction of sp³-hybridized carbons (Fsp3) is 0.391. The van der Waals surface area contributed by atoms with Crippen LogP contribution in [0.15, 0.2) is 48.5 Å². The number of carbonyl (C=O) groups is 2. The largest absolute Gasteiger partial charge is 0.497 e. The molecule has 28 heavy (non-hydrogen) atoms. The van der Waals surface area contributed by atoms with Crippen LogP contribution in [0.4, 0.5) is 5.69 Å². The Labute approximate surface area is 166 Å². The molecule has 1 N–H and O–H groups in total. The average molecular weight is 380 g/mol. The van der Waals surface area contributed by atoms with Crippen molar-refractivity contribution in [2.24, 2.45) is 5.92 Å². The number of amides is 2. The molecule has 1 atom stereocenters. The lowest BCUT2D eigenvalue weighted by molar-refractivity contribution is -0.128. The predicted molar refractivity (Wildman–Crippen MR) is 111 cm³/mol. The summed E-state index contributed by atoms with van der Waals surface area (Å²) in [5, 5.41) is 2.96. The first kappa shape index (κ1) is 19.9. The summed E-state index contributed by atoms with van der Waals surface area (Å²) in [7, 11) is 1.63. The van der Waals surface area contributed by atoms with Gasteiger partial charge in [-0.25, -0.2) is 0 Å². The van der Waals surface area contributed by atoms with E-state index in [2.05, 4.69) is 11.4 Å². The van der Waals surface area contributed by atoms with E-state index in [9.17, 15) is 9.59 Å². The lowest BCUT2D eigenvalue weighted by Crippen LogP contribution is -2.51. The number of anilines is 1. The molecule has 1 aliphatic rings. The van der Waals surface area contributed by atoms with E-state index in [4.69, 9.17) is 4.74 Å². The smallest absolute Gasteiger partial charge is 0.249 e. The first-order chi connectivity index (χ1) is 13.5. The van der Waals surface area contributed by atoms with Gasteiger partial charge in [0.15, 0.2) is 0 Å². The van der Waals surface area contributed by atoms with Crippen LogP contribution in [0.25, 0.3) is 0 Å². The molecule has 1 heterocycles. The molecule has 0 saturated carbocycles. The molecule has 0 fully saturated rings. The van der Waals surface area contributed by atoms with E-state index in [1.807, 2.05) is 61.2 Å². The molecular weight excluding hydrogens is 352 g/mol. The fourth-order valence-corrected chi connectivity index (χ4v) is 3.54. The summed E-state index contributed by atoms with van der Waals surface area (Å²) in [4.78, 5) is 27.4. The van der Waals surface area contributed by atoms with Crippen LogP contribution >= 0.6 is 0 Å². The molecule has 0 aromatic heterocycles. The number of para-hydroxylation sites is 1. The Morgan fingerprint density at radius 1 is 1.11 bits per heavy atom. The first-order valence-corrected chi connectivity index (χ1v) is 9.81. The highest BCUT2D eigenvalue weighted by molar-refractivity contribution is 6.00. The van der Waals surface area contributed by atoms with Crippen molar-refractivity contribution in [3.05, 3.63) is 59.7 Å². The van der Waals surface area contributed by atoms with E-state index >= 15 is 0 Å². The number of rotatable bonds is 7. The summed E-state index contributed by atoms with van der Waals surface area (Å²) in [6.07, 6.45) is 1.83. The normalized spacial score (nSPS) is 13.9. The van der Waals surface area contributed by atoms with E-state index in [0.717, 1.165) is 23.4 Å². The quantitative estimate of drug-likeness (QED) is 0.801. The highest BCUT2D eigenvalue weighted by atomic mass is 16.5. The molecule has 0 aliphatic carbocycles. The maximum atomic E-state index is 13.1. The van der Waals surface area contributed by atoms with Crippen molar-refractivity contribution in [3.8, 4) is 5.75 Å². The van der Waals surface area contributed by atoms with Crippen molar-refractivity contribution in [1.29, 1.82) is 0 Å². The highest BCUT2D eigenvalue weighted by Gasteiger charge is 2.32. The van der Waals surface area contributed by atoms with Crippen molar-refractivity contribution >= 4 is 17.5 Å². The van der Waals surface area contributed by atoms with E-state index in [-0.39, 0.29) is 17.7 Å². The van der Waals surface area contributed by atoms with Gasteiger partial charge < -0.3 is 15.0 Å². The Bertz CT molecular complexity index is 830. The zero-order chi connectivity index (χ0) is 20.1. The Kier molecular flexibility index (Phi) is 6.34. The van der Waals surface area contributed by atoms with Gasteiger partial charge in [0, 0.05) is 18.7 Å². The van der Waals surface area contributed by atoms with E-state index in [1.54, 1.807) is 7.11 Å². The second-order valence-electron chi connectivity index (χ2n) is 7.51. The molecule has 1 aliphatic heterocycles. The number of hydrogen-bond acceptors (Lipinski definition) is 3. The standard InChI is InChI=1S/C23H28N2O3/c1-16(2)22(23(27)25-15-14-18-6-4-5-7-20(18)25)24-21(26)13-10-17-8-11-19(28-3)12-9-17/h4-9,11-12,16,22H,10,13-15H2,1-3H3,(H,24,26)/t22-/m1/s1. The fourth-order valence-electron chi connectivity index (χ4n) is 3.54. The predicted octanol–water partition coefficient (Wildman–Crippen LogP) is 3.36. The molecule has 148 valence electrons. The highest BCUT2D eigenvalue weighted by Crippen LogP contribution is 2.28. The number of aryl methyl sites for hydroxylation is 1. The molecule has 2 aromatic carbocycles. The van der Waals surface area contributed by atoms with Crippen LogP contribution in [0.3, 0.4) is 0 Å². The lowest BCUT2D eigenvalue weighted by atomic mass is 10.0. The number of ether oxygens (including phenoxy) is 1. The minimum Gasteiger partial charge on any atom is -0.497 e. The van der Waals surface area contributed by atoms with Crippen molar-refractivity contribution in [3.63, 3.8) is 0 Å². The van der Waals surface area contributed by atoms with E-state index in [0.29, 0.717) is 19.4 Å². The van der Waals surface area contributed by atoms with Gasteiger partial charge in [-0.1, -0.05) is 44.2 Å². The molecule has 0 radical (unpaired) electrons. The third-order valence-electron chi connectivity index (χ3n) is 5.20. The Balaban J connectivity index is 1.61. The van der Waals surface area contributed by atoms with Crippen LogP contribution in [-0.2, 0) is 22.4 Å². The minimum absolute atomic E-state index is 0.0187. The summed E-state index contributed by atoms with van der Waals surface area (Å²) < 4.78 is 5.15. The van der Waals surface area contributed by atoms with Gasteiger partial charge in [-0.15, -0.1) is 0 Å². The number of hydrogen-bond donors (Lipinski definition) is 1. The number of nitrogens with zero attached hydrogens (tertiary/aromatic N) is 1. The van der Waals surface area contributed by atoms with Crippen molar-refractivity contribution < 1.29 is 14.3 Å². The second kappa shape index (κ2) is 8.91. The molecule has 0 unspecified atom stereocenters. The molecule has 5 heteroatoms. The molecule has 0 saturated heterocycles. The van der Waals surface area contributed by atoms with Gasteiger partial charge in [0.2, 0.25) is 11.8 Å². The SMILES string of the molecule is COc1ccc(CCC(=O)N[C@@H](C(=O)N2CCc3ccccc32)C(C)C)cc1. The summed E-state index contributed by atoms with van der Waals surface area (Å²) >= 11 is 0. The monoisotopic (exact) mass is 380 g/mol. The third-order valence-corrected chi connectivity index (χ3v) is 5.20. The van der Waals surface area contributed by atoms with E-state index in [1.165, 1.54) is 5.56 Å². The van der Waals surface area contributed by atoms with Crippen LogP contribution < -0.4 is 15.0 Å². The number of fused-ring (bicyclic) bond motifs is 1. The summed E-state index contributed by atoms with van der Waals surface area (Å²) in [5.41, 5.74) is 3.21. The average Bonchev–Trinajstić information content (AvgIpc) is 3.14. The summed E-state index contributed by atoms with van der Waals surface area (Å²) in [6, 6.07) is 15.1. The zero-order valence-electron chi connectivity index (χ0n) is 16.8. The van der Waals surface area contributed by atoms with Crippen molar-refractivity contribution in [2.75, 3.05) is 18.6 Å². The van der Waals surface area contributed by atoms with Gasteiger partial charge in [0.1, 0.15) is 11.8 Å². The molecule has 0 bridgehead atoms. The molecule has 2 aromatic rings. The van der Waals surface area contributed by atoms with Crippen LogP contribution in [0.5, 0.6) is 5.75 Å². The first-order valence-electron chi connectivity index (χ1n) is 9.81. The Morgan fingerprint density at radius 2 is 1.82 bits per heavy atom. The van der Waals surface area contributed by atoms with Crippen LogP contribution in [0.1, 0.15) is 31.4 Å². The number of methoxy groups -OCH3 is 1. The van der Waals surface area contributed by atoms with Crippen molar-refractivity contribution in [2.45, 2.75) is 39.2 Å². The number of carbonyl (C=O) groups excluding carboxylic acids is 2. The molecule has 0 spiro atoms. The van der Waals surface area contributed by atoms with Gasteiger partial charge in [-0.2, -0.15) is 0 Å². The zero-order valence-corrected chi connectivity index (χ0v) is 16.8.